The number of amides is 1. The van der Waals surface area contributed by atoms with Gasteiger partial charge in [0.25, 0.3) is 0 Å². The zero-order valence-corrected chi connectivity index (χ0v) is 21.0. The van der Waals surface area contributed by atoms with Crippen molar-refractivity contribution in [3.05, 3.63) is 77.0 Å². The van der Waals surface area contributed by atoms with E-state index in [1.807, 2.05) is 25.3 Å². The predicted molar refractivity (Wildman–Crippen MR) is 143 cm³/mol. The lowest BCUT2D eigenvalue weighted by Crippen LogP contribution is -2.44. The number of likely N-dealkylation sites (N-methyl/N-ethyl adjacent to an activating group) is 2. The minimum Gasteiger partial charge on any atom is -0.383 e. The van der Waals surface area contributed by atoms with Gasteiger partial charge in [-0.3, -0.25) is 9.69 Å². The first-order valence-electron chi connectivity index (χ1n) is 11.5. The van der Waals surface area contributed by atoms with Crippen LogP contribution in [0.15, 0.2) is 54.7 Å². The molecule has 2 N–H and O–H groups in total. The topological polar surface area (TPSA) is 65.7 Å². The summed E-state index contributed by atoms with van der Waals surface area (Å²) < 4.78 is 0. The van der Waals surface area contributed by atoms with Crippen molar-refractivity contribution < 1.29 is 4.79 Å². The highest BCUT2D eigenvalue weighted by Gasteiger charge is 2.15. The largest absolute Gasteiger partial charge is 0.383 e. The fourth-order valence-corrected chi connectivity index (χ4v) is 4.28. The van der Waals surface area contributed by atoms with Crippen LogP contribution in [0.1, 0.15) is 22.3 Å². The number of benzene rings is 2. The first-order valence-corrected chi connectivity index (χ1v) is 11.5. The number of nitrogens with zero attached hydrogens (tertiary/aromatic N) is 4. The van der Waals surface area contributed by atoms with Crippen LogP contribution in [0.3, 0.4) is 0 Å². The van der Waals surface area contributed by atoms with E-state index in [0.717, 1.165) is 49.4 Å². The number of anilines is 1. The molecule has 0 aliphatic carbocycles. The van der Waals surface area contributed by atoms with Gasteiger partial charge in [-0.05, 0) is 53.6 Å². The van der Waals surface area contributed by atoms with Gasteiger partial charge in [-0.2, -0.15) is 0 Å². The molecule has 1 saturated heterocycles. The van der Waals surface area contributed by atoms with Crippen molar-refractivity contribution in [2.75, 3.05) is 46.0 Å². The van der Waals surface area contributed by atoms with E-state index < -0.39 is 0 Å². The number of hydrogen-bond donors (Lipinski definition) is 1. The number of fused-ring (bicyclic) bond motifs is 1. The molecule has 180 valence electrons. The summed E-state index contributed by atoms with van der Waals surface area (Å²) in [4.78, 5) is 23.6. The monoisotopic (exact) mass is 479 g/mol. The fourth-order valence-electron chi connectivity index (χ4n) is 4.28. The summed E-state index contributed by atoms with van der Waals surface area (Å²) in [7, 11) is 3.98. The highest BCUT2D eigenvalue weighted by atomic mass is 35.5. The highest BCUT2D eigenvalue weighted by Crippen LogP contribution is 2.23. The molecular formula is C27H34ClN5O. The number of nitrogen functional groups attached to an aromatic ring is 1. The molecule has 6 nitrogen and oxygen atoms in total. The van der Waals surface area contributed by atoms with Crippen LogP contribution in [0.4, 0.5) is 5.82 Å². The second-order valence-corrected chi connectivity index (χ2v) is 9.01. The molecule has 1 aliphatic heterocycles. The molecule has 34 heavy (non-hydrogen) atoms. The lowest BCUT2D eigenvalue weighted by molar-refractivity contribution is -0.125. The van der Waals surface area contributed by atoms with E-state index in [-0.39, 0.29) is 18.3 Å². The van der Waals surface area contributed by atoms with E-state index in [4.69, 9.17) is 5.73 Å². The molecule has 1 aliphatic rings. The lowest BCUT2D eigenvalue weighted by Gasteiger charge is -2.32. The Labute approximate surface area is 208 Å². The van der Waals surface area contributed by atoms with Crippen LogP contribution >= 0.6 is 12.4 Å². The van der Waals surface area contributed by atoms with Crippen LogP contribution in [0.5, 0.6) is 0 Å². The SMILES string of the molecule is Cc1ccc(CN(C)C(=O)/C=C/c2cnc(N)c(CN3CCN(C)CC3)c2)c2ccccc12.Cl. The molecule has 3 aromatic rings. The number of carbonyl (C=O) groups excluding carboxylic acids is 1. The number of halogens is 1. The van der Waals surface area contributed by atoms with Gasteiger partial charge >= 0.3 is 0 Å². The molecule has 0 bridgehead atoms. The molecule has 2 aromatic carbocycles. The molecule has 1 fully saturated rings. The van der Waals surface area contributed by atoms with Gasteiger partial charge in [-0.15, -0.1) is 12.4 Å². The van der Waals surface area contributed by atoms with Gasteiger partial charge in [0.2, 0.25) is 5.91 Å². The van der Waals surface area contributed by atoms with Crippen LogP contribution in [0, 0.1) is 6.92 Å². The lowest BCUT2D eigenvalue weighted by atomic mass is 10.00. The van der Waals surface area contributed by atoms with E-state index >= 15 is 0 Å². The second kappa shape index (κ2) is 11.5. The van der Waals surface area contributed by atoms with E-state index in [9.17, 15) is 4.79 Å². The number of hydrogen-bond acceptors (Lipinski definition) is 5. The first-order chi connectivity index (χ1) is 15.9. The zero-order valence-electron chi connectivity index (χ0n) is 20.2. The summed E-state index contributed by atoms with van der Waals surface area (Å²) in [6.45, 7) is 7.61. The van der Waals surface area contributed by atoms with Gasteiger partial charge < -0.3 is 15.5 Å². The predicted octanol–water partition coefficient (Wildman–Crippen LogP) is 3.97. The maximum Gasteiger partial charge on any atom is 0.246 e. The van der Waals surface area contributed by atoms with Crippen LogP contribution in [0.2, 0.25) is 0 Å². The Morgan fingerprint density at radius 3 is 2.53 bits per heavy atom. The highest BCUT2D eigenvalue weighted by molar-refractivity contribution is 5.92. The average Bonchev–Trinajstić information content (AvgIpc) is 2.82. The number of rotatable bonds is 6. The average molecular weight is 480 g/mol. The second-order valence-electron chi connectivity index (χ2n) is 9.01. The molecule has 1 amide bonds. The van der Waals surface area contributed by atoms with Gasteiger partial charge in [0.1, 0.15) is 5.82 Å². The van der Waals surface area contributed by atoms with Crippen molar-refractivity contribution in [2.45, 2.75) is 20.0 Å². The third-order valence-electron chi connectivity index (χ3n) is 6.45. The van der Waals surface area contributed by atoms with Gasteiger partial charge in [0, 0.05) is 64.2 Å². The normalized spacial score (nSPS) is 14.9. The Morgan fingerprint density at radius 2 is 1.79 bits per heavy atom. The van der Waals surface area contributed by atoms with E-state index in [1.54, 1.807) is 17.2 Å². The van der Waals surface area contributed by atoms with E-state index in [0.29, 0.717) is 12.4 Å². The molecular weight excluding hydrogens is 446 g/mol. The Hall–Kier alpha value is -2.93. The molecule has 2 heterocycles. The van der Waals surface area contributed by atoms with Crippen LogP contribution < -0.4 is 5.73 Å². The third kappa shape index (κ3) is 6.14. The summed E-state index contributed by atoms with van der Waals surface area (Å²) >= 11 is 0. The Bertz CT molecular complexity index is 1170. The number of piperazine rings is 1. The van der Waals surface area contributed by atoms with Gasteiger partial charge in [0.05, 0.1) is 0 Å². The molecule has 0 atom stereocenters. The molecule has 0 radical (unpaired) electrons. The van der Waals surface area contributed by atoms with Gasteiger partial charge in [0.15, 0.2) is 0 Å². The number of pyridine rings is 1. The van der Waals surface area contributed by atoms with Crippen molar-refractivity contribution in [1.82, 2.24) is 19.7 Å². The maximum absolute atomic E-state index is 12.8. The molecule has 0 saturated carbocycles. The summed E-state index contributed by atoms with van der Waals surface area (Å²) in [6.07, 6.45) is 5.16. The van der Waals surface area contributed by atoms with Crippen LogP contribution in [-0.4, -0.2) is 65.9 Å². The first kappa shape index (κ1) is 25.7. The molecule has 4 rings (SSSR count). The number of aromatic nitrogens is 1. The van der Waals surface area contributed by atoms with Crippen molar-refractivity contribution in [1.29, 1.82) is 0 Å². The third-order valence-corrected chi connectivity index (χ3v) is 6.45. The summed E-state index contributed by atoms with van der Waals surface area (Å²) in [6, 6.07) is 14.6. The van der Waals surface area contributed by atoms with Gasteiger partial charge in [-0.25, -0.2) is 4.98 Å². The Balaban J connectivity index is 0.00000324. The number of carbonyl (C=O) groups is 1. The molecule has 7 heteroatoms. The summed E-state index contributed by atoms with van der Waals surface area (Å²) in [5.74, 6) is 0.512. The van der Waals surface area contributed by atoms with Gasteiger partial charge in [-0.1, -0.05) is 36.4 Å². The summed E-state index contributed by atoms with van der Waals surface area (Å²) in [5, 5.41) is 2.42. The van der Waals surface area contributed by atoms with Crippen molar-refractivity contribution in [2.24, 2.45) is 0 Å². The zero-order chi connectivity index (χ0) is 23.4. The Kier molecular flexibility index (Phi) is 8.67. The fraction of sp³-hybridized carbons (Fsp3) is 0.333. The minimum atomic E-state index is -0.0444. The maximum atomic E-state index is 12.8. The number of nitrogens with two attached hydrogens (primary N) is 1. The van der Waals surface area contributed by atoms with E-state index in [1.165, 1.54) is 16.3 Å². The van der Waals surface area contributed by atoms with Crippen LogP contribution in [-0.2, 0) is 17.9 Å². The molecule has 1 aromatic heterocycles. The quantitative estimate of drug-likeness (QED) is 0.542. The minimum absolute atomic E-state index is 0. The van der Waals surface area contributed by atoms with E-state index in [2.05, 4.69) is 59.1 Å². The standard InChI is InChI=1S/C27H33N5O.ClH/c1-20-8-10-22(25-7-5-4-6-24(20)25)18-31(3)26(33)11-9-21-16-23(27(28)29-17-21)19-32-14-12-30(2)13-15-32;/h4-11,16-17H,12-15,18-19H2,1-3H3,(H2,28,29);1H/b11-9+;. The van der Waals surface area contributed by atoms with Crippen molar-refractivity contribution in [3.8, 4) is 0 Å². The van der Waals surface area contributed by atoms with Crippen molar-refractivity contribution in [3.63, 3.8) is 0 Å². The smallest absolute Gasteiger partial charge is 0.246 e. The molecule has 0 unspecified atom stereocenters. The molecule has 0 spiro atoms. The summed E-state index contributed by atoms with van der Waals surface area (Å²) in [5.41, 5.74) is 10.4. The van der Waals surface area contributed by atoms with Crippen LogP contribution in [0.25, 0.3) is 16.8 Å². The Morgan fingerprint density at radius 1 is 1.09 bits per heavy atom. The number of aryl methyl sites for hydroxylation is 1. The van der Waals surface area contributed by atoms with Crippen molar-refractivity contribution >= 4 is 41.0 Å².